The molecular formula is C16H38N2P2. The van der Waals surface area contributed by atoms with E-state index in [-0.39, 0.29) is 16.1 Å². The van der Waals surface area contributed by atoms with Crippen LogP contribution in [0.2, 0.25) is 0 Å². The summed E-state index contributed by atoms with van der Waals surface area (Å²) in [4.78, 5) is 0. The summed E-state index contributed by atoms with van der Waals surface area (Å²) in [6.45, 7) is 18.9. The van der Waals surface area contributed by atoms with E-state index in [1.54, 1.807) is 0 Å². The minimum Gasteiger partial charge on any atom is -0.282 e. The second-order valence-electron chi connectivity index (χ2n) is 5.08. The zero-order chi connectivity index (χ0) is 15.4. The molecule has 0 spiro atoms. The van der Waals surface area contributed by atoms with Gasteiger partial charge in [0.25, 0.3) is 0 Å². The van der Waals surface area contributed by atoms with Gasteiger partial charge in [-0.25, -0.2) is 0 Å². The van der Waals surface area contributed by atoms with Crippen molar-refractivity contribution in [2.45, 2.75) is 54.4 Å². The molecule has 0 heterocycles. The van der Waals surface area contributed by atoms with E-state index in [1.165, 1.54) is 63.7 Å². The van der Waals surface area contributed by atoms with Gasteiger partial charge >= 0.3 is 0 Å². The quantitative estimate of drug-likeness (QED) is 0.336. The van der Waals surface area contributed by atoms with Crippen molar-refractivity contribution in [1.82, 2.24) is 9.34 Å². The molecule has 0 saturated heterocycles. The standard InChI is InChI=1S/C16H38N2P2/c1-7-17(8-2)19(11-5)15-13-14-16-20(12-6)18(9-3)10-4/h7-16H2,1-6H3. The molecule has 0 bridgehead atoms. The second-order valence-corrected chi connectivity index (χ2v) is 10.4. The molecule has 0 saturated carbocycles. The smallest absolute Gasteiger partial charge is 0.000766 e. The Morgan fingerprint density at radius 1 is 0.550 bits per heavy atom. The Balaban J connectivity index is 4.03. The Morgan fingerprint density at radius 3 is 1.05 bits per heavy atom. The number of rotatable bonds is 13. The van der Waals surface area contributed by atoms with E-state index in [1.807, 2.05) is 0 Å². The molecule has 2 atom stereocenters. The van der Waals surface area contributed by atoms with Crippen LogP contribution in [0.3, 0.4) is 0 Å². The maximum Gasteiger partial charge on any atom is -0.000766 e. The van der Waals surface area contributed by atoms with Crippen molar-refractivity contribution in [2.24, 2.45) is 0 Å². The fraction of sp³-hybridized carbons (Fsp3) is 1.00. The van der Waals surface area contributed by atoms with Crippen molar-refractivity contribution in [2.75, 3.05) is 50.8 Å². The van der Waals surface area contributed by atoms with Gasteiger partial charge in [0, 0.05) is 0 Å². The highest BCUT2D eigenvalue weighted by molar-refractivity contribution is 7.55. The molecule has 0 N–H and O–H groups in total. The molecule has 4 heteroatoms. The van der Waals surface area contributed by atoms with Crippen LogP contribution in [0.5, 0.6) is 0 Å². The molecule has 0 aliphatic heterocycles. The first-order valence-electron chi connectivity index (χ1n) is 8.67. The summed E-state index contributed by atoms with van der Waals surface area (Å²) in [6, 6.07) is 0. The molecule has 0 aromatic rings. The SMILES string of the molecule is CCN(CC)P(CC)CCCCP(CC)N(CC)CC. The van der Waals surface area contributed by atoms with Crippen LogP contribution in [0.15, 0.2) is 0 Å². The molecular weight excluding hydrogens is 282 g/mol. The van der Waals surface area contributed by atoms with Crippen molar-refractivity contribution in [3.05, 3.63) is 0 Å². The van der Waals surface area contributed by atoms with Crippen LogP contribution in [-0.2, 0) is 0 Å². The van der Waals surface area contributed by atoms with Crippen LogP contribution in [0.1, 0.15) is 54.4 Å². The van der Waals surface area contributed by atoms with Gasteiger partial charge in [-0.05, 0) is 79.8 Å². The van der Waals surface area contributed by atoms with Crippen LogP contribution < -0.4 is 0 Å². The van der Waals surface area contributed by atoms with Gasteiger partial charge in [0.15, 0.2) is 0 Å². The van der Waals surface area contributed by atoms with Gasteiger partial charge < -0.3 is 0 Å². The Hall–Kier alpha value is 0.780. The molecule has 0 aromatic carbocycles. The lowest BCUT2D eigenvalue weighted by molar-refractivity contribution is 0.501. The molecule has 0 amide bonds. The topological polar surface area (TPSA) is 6.48 Å². The lowest BCUT2D eigenvalue weighted by Crippen LogP contribution is -2.20. The highest BCUT2D eigenvalue weighted by Crippen LogP contribution is 2.43. The molecule has 122 valence electrons. The Labute approximate surface area is 131 Å². The number of hydrogen-bond donors (Lipinski definition) is 0. The van der Waals surface area contributed by atoms with Crippen molar-refractivity contribution in [1.29, 1.82) is 0 Å². The zero-order valence-corrected chi connectivity index (χ0v) is 16.6. The molecule has 0 aliphatic rings. The van der Waals surface area contributed by atoms with Gasteiger partial charge in [-0.2, -0.15) is 0 Å². The minimum atomic E-state index is 0.147. The van der Waals surface area contributed by atoms with Crippen molar-refractivity contribution in [3.63, 3.8) is 0 Å². The van der Waals surface area contributed by atoms with Crippen molar-refractivity contribution in [3.8, 4) is 0 Å². The summed E-state index contributed by atoms with van der Waals surface area (Å²) in [5, 5.41) is 0. The molecule has 2 unspecified atom stereocenters. The molecule has 0 radical (unpaired) electrons. The first kappa shape index (κ1) is 20.8. The van der Waals surface area contributed by atoms with Crippen LogP contribution in [-0.4, -0.2) is 60.2 Å². The normalized spacial score (nSPS) is 15.0. The van der Waals surface area contributed by atoms with Gasteiger partial charge in [0.1, 0.15) is 0 Å². The second kappa shape index (κ2) is 13.4. The third-order valence-corrected chi connectivity index (χ3v) is 9.93. The highest BCUT2D eigenvalue weighted by Gasteiger charge is 2.15. The Morgan fingerprint density at radius 2 is 0.850 bits per heavy atom. The Bertz CT molecular complexity index is 185. The van der Waals surface area contributed by atoms with Crippen LogP contribution >= 0.6 is 16.1 Å². The van der Waals surface area contributed by atoms with Gasteiger partial charge in [0.05, 0.1) is 0 Å². The molecule has 20 heavy (non-hydrogen) atoms. The third-order valence-electron chi connectivity index (χ3n) is 4.07. The average molecular weight is 320 g/mol. The van der Waals surface area contributed by atoms with Crippen molar-refractivity contribution >= 4 is 16.1 Å². The van der Waals surface area contributed by atoms with Crippen LogP contribution in [0.4, 0.5) is 0 Å². The molecule has 0 rings (SSSR count). The predicted molar refractivity (Wildman–Crippen MR) is 99.7 cm³/mol. The van der Waals surface area contributed by atoms with E-state index in [4.69, 9.17) is 0 Å². The summed E-state index contributed by atoms with van der Waals surface area (Å²) in [5.74, 6) is 0. The van der Waals surface area contributed by atoms with Gasteiger partial charge in [-0.15, -0.1) is 0 Å². The average Bonchev–Trinajstić information content (AvgIpc) is 2.49. The fourth-order valence-corrected chi connectivity index (χ4v) is 7.61. The van der Waals surface area contributed by atoms with E-state index < -0.39 is 0 Å². The minimum absolute atomic E-state index is 0.147. The summed E-state index contributed by atoms with van der Waals surface area (Å²) in [7, 11) is 0.294. The monoisotopic (exact) mass is 320 g/mol. The van der Waals surface area contributed by atoms with Crippen LogP contribution in [0, 0.1) is 0 Å². The first-order chi connectivity index (χ1) is 9.68. The van der Waals surface area contributed by atoms with Crippen molar-refractivity contribution < 1.29 is 0 Å². The first-order valence-corrected chi connectivity index (χ1v) is 12.0. The molecule has 0 aliphatic carbocycles. The number of nitrogens with zero attached hydrogens (tertiary/aromatic N) is 2. The van der Waals surface area contributed by atoms with E-state index in [2.05, 4.69) is 50.9 Å². The zero-order valence-electron chi connectivity index (χ0n) is 14.9. The molecule has 0 fully saturated rings. The maximum atomic E-state index is 2.70. The Kier molecular flexibility index (Phi) is 14.0. The third kappa shape index (κ3) is 7.69. The van der Waals surface area contributed by atoms with E-state index in [9.17, 15) is 0 Å². The van der Waals surface area contributed by atoms with Crippen LogP contribution in [0.25, 0.3) is 0 Å². The van der Waals surface area contributed by atoms with E-state index >= 15 is 0 Å². The summed E-state index contributed by atoms with van der Waals surface area (Å²) in [5.41, 5.74) is 0. The molecule has 2 nitrogen and oxygen atoms in total. The highest BCUT2D eigenvalue weighted by atomic mass is 31.1. The number of hydrogen-bond acceptors (Lipinski definition) is 2. The summed E-state index contributed by atoms with van der Waals surface area (Å²) >= 11 is 0. The number of unbranched alkanes of at least 4 members (excludes halogenated alkanes) is 1. The molecule has 0 aromatic heterocycles. The predicted octanol–water partition coefficient (Wildman–Crippen LogP) is 5.28. The van der Waals surface area contributed by atoms with E-state index in [0.29, 0.717) is 0 Å². The largest absolute Gasteiger partial charge is 0.282 e. The lowest BCUT2D eigenvalue weighted by atomic mass is 10.4. The van der Waals surface area contributed by atoms with Gasteiger partial charge in [-0.3, -0.25) is 9.34 Å². The van der Waals surface area contributed by atoms with E-state index in [0.717, 1.165) is 0 Å². The van der Waals surface area contributed by atoms with Gasteiger partial charge in [0.2, 0.25) is 0 Å². The van der Waals surface area contributed by atoms with Gasteiger partial charge in [-0.1, -0.05) is 41.5 Å². The summed E-state index contributed by atoms with van der Waals surface area (Å²) in [6.07, 6.45) is 8.54. The fourth-order valence-electron chi connectivity index (χ4n) is 2.83. The lowest BCUT2D eigenvalue weighted by Gasteiger charge is -2.30. The summed E-state index contributed by atoms with van der Waals surface area (Å²) < 4.78 is 5.39. The maximum absolute atomic E-state index is 2.70.